The Balaban J connectivity index is 2.39. The number of allylic oxidation sites excluding steroid dienone is 8. The summed E-state index contributed by atoms with van der Waals surface area (Å²) in [5.74, 6) is -0.849. The first-order valence-corrected chi connectivity index (χ1v) is 20.7. The van der Waals surface area contributed by atoms with Crippen molar-refractivity contribution in [3.63, 3.8) is 0 Å². The molecule has 1 heterocycles. The van der Waals surface area contributed by atoms with Crippen molar-refractivity contribution in [1.82, 2.24) is 0 Å². The smallest absolute Gasteiger partial charge is 0.306 e. The van der Waals surface area contributed by atoms with Gasteiger partial charge < -0.3 is 39.4 Å². The summed E-state index contributed by atoms with van der Waals surface area (Å²) >= 11 is 0. The van der Waals surface area contributed by atoms with Gasteiger partial charge in [-0.2, -0.15) is 0 Å². The molecule has 1 fully saturated rings. The first-order valence-electron chi connectivity index (χ1n) is 20.7. The fraction of sp³-hybridized carbons (Fsp3) is 0.767. The average Bonchev–Trinajstić information content (AvgIpc) is 3.15. The van der Waals surface area contributed by atoms with Crippen molar-refractivity contribution >= 4 is 11.9 Å². The largest absolute Gasteiger partial charge is 0.462 e. The van der Waals surface area contributed by atoms with E-state index < -0.39 is 55.4 Å². The van der Waals surface area contributed by atoms with Gasteiger partial charge in [0.05, 0.1) is 13.2 Å². The third-order valence-electron chi connectivity index (χ3n) is 9.20. The fourth-order valence-electron chi connectivity index (χ4n) is 5.90. The SMILES string of the molecule is CC/C=C\C/C=C\C/C=C\CCCCCCCC(=O)OC[C@H](CO[C@@H]1O[C@H](CO)[C@H](O)[C@H](O)[C@H]1O)OC(=O)CCCCC/C=C\CCCCCCCC. The highest BCUT2D eigenvalue weighted by Crippen LogP contribution is 2.22. The quantitative estimate of drug-likeness (QED) is 0.0294. The molecule has 6 atom stereocenters. The molecule has 1 saturated heterocycles. The number of hydrogen-bond donors (Lipinski definition) is 4. The highest BCUT2D eigenvalue weighted by molar-refractivity contribution is 5.70. The van der Waals surface area contributed by atoms with Crippen LogP contribution in [0.25, 0.3) is 0 Å². The predicted molar refractivity (Wildman–Crippen MR) is 210 cm³/mol. The molecule has 0 bridgehead atoms. The molecule has 0 aromatic rings. The summed E-state index contributed by atoms with van der Waals surface area (Å²) in [5.41, 5.74) is 0. The van der Waals surface area contributed by atoms with Crippen molar-refractivity contribution in [1.29, 1.82) is 0 Å². The van der Waals surface area contributed by atoms with E-state index in [9.17, 15) is 30.0 Å². The van der Waals surface area contributed by atoms with Gasteiger partial charge in [0.1, 0.15) is 31.0 Å². The van der Waals surface area contributed by atoms with Crippen molar-refractivity contribution in [3.05, 3.63) is 48.6 Å². The van der Waals surface area contributed by atoms with E-state index in [1.54, 1.807) is 0 Å². The summed E-state index contributed by atoms with van der Waals surface area (Å²) in [5, 5.41) is 40.0. The van der Waals surface area contributed by atoms with Gasteiger partial charge in [-0.3, -0.25) is 9.59 Å². The summed E-state index contributed by atoms with van der Waals surface area (Å²) in [6.45, 7) is 3.25. The van der Waals surface area contributed by atoms with E-state index in [2.05, 4.69) is 62.5 Å². The predicted octanol–water partition coefficient (Wildman–Crippen LogP) is 8.10. The second-order valence-corrected chi connectivity index (χ2v) is 14.1. The van der Waals surface area contributed by atoms with Crippen molar-refractivity contribution in [2.24, 2.45) is 0 Å². The van der Waals surface area contributed by atoms with E-state index in [1.807, 2.05) is 0 Å². The maximum Gasteiger partial charge on any atom is 0.306 e. The zero-order chi connectivity index (χ0) is 38.8. The number of carbonyl (C=O) groups excluding carboxylic acids is 2. The molecule has 1 aliphatic rings. The van der Waals surface area contributed by atoms with E-state index in [0.717, 1.165) is 77.0 Å². The number of ether oxygens (including phenoxy) is 4. The number of aliphatic hydroxyl groups is 4. The summed E-state index contributed by atoms with van der Waals surface area (Å²) < 4.78 is 22.1. The first kappa shape index (κ1) is 48.7. The van der Waals surface area contributed by atoms with Crippen LogP contribution in [0, 0.1) is 0 Å². The van der Waals surface area contributed by atoms with Gasteiger partial charge in [-0.05, 0) is 70.6 Å². The maximum absolute atomic E-state index is 12.7. The topological polar surface area (TPSA) is 152 Å². The Labute approximate surface area is 320 Å². The number of hydrogen-bond acceptors (Lipinski definition) is 10. The molecular weight excluding hydrogens is 676 g/mol. The minimum atomic E-state index is -1.60. The summed E-state index contributed by atoms with van der Waals surface area (Å²) in [6.07, 6.45) is 31.2. The van der Waals surface area contributed by atoms with Crippen LogP contribution in [0.4, 0.5) is 0 Å². The van der Waals surface area contributed by atoms with Crippen LogP contribution in [-0.2, 0) is 28.5 Å². The van der Waals surface area contributed by atoms with Crippen molar-refractivity contribution in [3.8, 4) is 0 Å². The van der Waals surface area contributed by atoms with E-state index >= 15 is 0 Å². The molecule has 0 spiro atoms. The standard InChI is InChI=1S/C43H74O10/c1-3-5-7-9-11-13-15-17-18-20-21-23-25-27-29-31-38(45)50-34-36(35-51-43-42(49)41(48)40(47)37(33-44)53-43)52-39(46)32-30-28-26-24-22-19-16-14-12-10-8-6-4-2/h5,7,11,13,17-19,22,36-37,40-44,47-49H,3-4,6,8-10,12,14-16,20-21,23-35H2,1-2H3/b7-5-,13-11-,18-17-,22-19-/t36-,37-,40+,41+,42-,43-/m1/s1. The molecule has 0 aromatic carbocycles. The van der Waals surface area contributed by atoms with Gasteiger partial charge in [0.2, 0.25) is 0 Å². The number of aliphatic hydroxyl groups excluding tert-OH is 4. The lowest BCUT2D eigenvalue weighted by atomic mass is 9.99. The van der Waals surface area contributed by atoms with Crippen molar-refractivity contribution in [2.45, 2.75) is 192 Å². The molecule has 0 saturated carbocycles. The van der Waals surface area contributed by atoms with Crippen LogP contribution in [0.1, 0.15) is 155 Å². The summed E-state index contributed by atoms with van der Waals surface area (Å²) in [7, 11) is 0. The molecule has 0 unspecified atom stereocenters. The number of carbonyl (C=O) groups is 2. The molecule has 0 amide bonds. The second kappa shape index (κ2) is 34.2. The van der Waals surface area contributed by atoms with Crippen LogP contribution in [0.5, 0.6) is 0 Å². The molecule has 0 aromatic heterocycles. The average molecular weight is 751 g/mol. The highest BCUT2D eigenvalue weighted by atomic mass is 16.7. The van der Waals surface area contributed by atoms with Gasteiger partial charge in [-0.1, -0.05) is 120 Å². The minimum absolute atomic E-state index is 0.204. The molecule has 306 valence electrons. The van der Waals surface area contributed by atoms with Crippen LogP contribution in [0.15, 0.2) is 48.6 Å². The molecule has 0 aliphatic carbocycles. The Morgan fingerprint density at radius 1 is 0.604 bits per heavy atom. The lowest BCUT2D eigenvalue weighted by molar-refractivity contribution is -0.305. The number of unbranched alkanes of at least 4 members (excludes halogenated alkanes) is 14. The molecule has 53 heavy (non-hydrogen) atoms. The molecule has 1 rings (SSSR count). The van der Waals surface area contributed by atoms with E-state index in [-0.39, 0.29) is 26.1 Å². The second-order valence-electron chi connectivity index (χ2n) is 14.1. The Hall–Kier alpha value is -2.34. The Morgan fingerprint density at radius 3 is 1.72 bits per heavy atom. The third-order valence-corrected chi connectivity index (χ3v) is 9.20. The van der Waals surface area contributed by atoms with Crippen molar-refractivity contribution < 1.29 is 49.0 Å². The van der Waals surface area contributed by atoms with Crippen LogP contribution in [-0.4, -0.2) is 89.0 Å². The number of rotatable bonds is 33. The van der Waals surface area contributed by atoms with Crippen molar-refractivity contribution in [2.75, 3.05) is 19.8 Å². The van der Waals surface area contributed by atoms with Crippen LogP contribution in [0.2, 0.25) is 0 Å². The fourth-order valence-corrected chi connectivity index (χ4v) is 5.90. The summed E-state index contributed by atoms with van der Waals surface area (Å²) in [4.78, 5) is 25.2. The van der Waals surface area contributed by atoms with Gasteiger partial charge in [0.15, 0.2) is 12.4 Å². The normalized spacial score (nSPS) is 21.4. The Kier molecular flexibility index (Phi) is 31.4. The third kappa shape index (κ3) is 26.2. The zero-order valence-electron chi connectivity index (χ0n) is 33.0. The highest BCUT2D eigenvalue weighted by Gasteiger charge is 2.44. The maximum atomic E-state index is 12.7. The lowest BCUT2D eigenvalue weighted by Gasteiger charge is -2.39. The molecule has 0 radical (unpaired) electrons. The van der Waals surface area contributed by atoms with E-state index in [4.69, 9.17) is 18.9 Å². The minimum Gasteiger partial charge on any atom is -0.462 e. The van der Waals surface area contributed by atoms with E-state index in [0.29, 0.717) is 12.8 Å². The molecule has 4 N–H and O–H groups in total. The van der Waals surface area contributed by atoms with Gasteiger partial charge >= 0.3 is 11.9 Å². The van der Waals surface area contributed by atoms with Crippen LogP contribution < -0.4 is 0 Å². The van der Waals surface area contributed by atoms with Gasteiger partial charge in [0, 0.05) is 12.8 Å². The van der Waals surface area contributed by atoms with Gasteiger partial charge in [-0.15, -0.1) is 0 Å². The Bertz CT molecular complexity index is 1010. The zero-order valence-corrected chi connectivity index (χ0v) is 33.0. The first-order chi connectivity index (χ1) is 25.8. The molecule has 10 nitrogen and oxygen atoms in total. The molecule has 10 heteroatoms. The Morgan fingerprint density at radius 2 is 1.11 bits per heavy atom. The lowest BCUT2D eigenvalue weighted by Crippen LogP contribution is -2.59. The monoisotopic (exact) mass is 751 g/mol. The molecule has 1 aliphatic heterocycles. The number of esters is 2. The van der Waals surface area contributed by atoms with Gasteiger partial charge in [0.25, 0.3) is 0 Å². The van der Waals surface area contributed by atoms with E-state index in [1.165, 1.54) is 38.5 Å². The van der Waals surface area contributed by atoms with Gasteiger partial charge in [-0.25, -0.2) is 0 Å². The summed E-state index contributed by atoms with van der Waals surface area (Å²) in [6, 6.07) is 0. The van der Waals surface area contributed by atoms with Crippen LogP contribution in [0.3, 0.4) is 0 Å². The molecular formula is C43H74O10. The van der Waals surface area contributed by atoms with Crippen LogP contribution >= 0.6 is 0 Å².